The summed E-state index contributed by atoms with van der Waals surface area (Å²) >= 11 is 0. The fourth-order valence-electron chi connectivity index (χ4n) is 5.03. The van der Waals surface area contributed by atoms with Crippen LogP contribution in [0.4, 0.5) is 0 Å². The summed E-state index contributed by atoms with van der Waals surface area (Å²) in [5, 5.41) is 18.3. The van der Waals surface area contributed by atoms with Gasteiger partial charge in [0.05, 0.1) is 0 Å². The fraction of sp³-hybridized carbons (Fsp3) is 0.379. The molecular formula is C29H34N2O3. The van der Waals surface area contributed by atoms with E-state index in [1.165, 1.54) is 42.2 Å². The highest BCUT2D eigenvalue weighted by Gasteiger charge is 2.29. The van der Waals surface area contributed by atoms with Crippen molar-refractivity contribution in [1.29, 1.82) is 0 Å². The van der Waals surface area contributed by atoms with Gasteiger partial charge < -0.3 is 15.7 Å². The van der Waals surface area contributed by atoms with Crippen LogP contribution in [0.3, 0.4) is 0 Å². The van der Waals surface area contributed by atoms with Gasteiger partial charge in [0.25, 0.3) is 5.91 Å². The van der Waals surface area contributed by atoms with Crippen molar-refractivity contribution in [3.05, 3.63) is 83.4 Å². The lowest BCUT2D eigenvalue weighted by Crippen LogP contribution is -2.49. The molecule has 3 aromatic rings. The Bertz CT molecular complexity index is 1160. The van der Waals surface area contributed by atoms with Crippen LogP contribution in [0, 0.1) is 0 Å². The summed E-state index contributed by atoms with van der Waals surface area (Å²) in [6.07, 6.45) is 4.53. The lowest BCUT2D eigenvalue weighted by atomic mass is 9.80. The minimum absolute atomic E-state index is 0.263. The minimum Gasteiger partial charge on any atom is -0.480 e. The van der Waals surface area contributed by atoms with Gasteiger partial charge in [-0.1, -0.05) is 61.0 Å². The van der Waals surface area contributed by atoms with Crippen molar-refractivity contribution < 1.29 is 14.7 Å². The first kappa shape index (κ1) is 24.0. The van der Waals surface area contributed by atoms with Crippen LogP contribution in [0.15, 0.2) is 66.7 Å². The molecule has 0 radical (unpaired) electrons. The van der Waals surface area contributed by atoms with Crippen LogP contribution in [0.1, 0.15) is 79.9 Å². The number of hydrogen-bond donors (Lipinski definition) is 3. The maximum Gasteiger partial charge on any atom is 0.328 e. The number of carboxylic acids is 1. The second-order valence-corrected chi connectivity index (χ2v) is 10.0. The van der Waals surface area contributed by atoms with E-state index >= 15 is 0 Å². The molecule has 3 atom stereocenters. The molecule has 178 valence electrons. The van der Waals surface area contributed by atoms with Crippen LogP contribution >= 0.6 is 0 Å². The largest absolute Gasteiger partial charge is 0.480 e. The van der Waals surface area contributed by atoms with Crippen molar-refractivity contribution >= 4 is 22.6 Å². The molecule has 34 heavy (non-hydrogen) atoms. The number of carbonyl (C=O) groups is 2. The first-order chi connectivity index (χ1) is 16.2. The van der Waals surface area contributed by atoms with E-state index in [0.29, 0.717) is 17.5 Å². The Morgan fingerprint density at radius 1 is 0.971 bits per heavy atom. The number of amides is 1. The molecule has 0 aliphatic heterocycles. The molecule has 0 heterocycles. The molecule has 1 amide bonds. The third-order valence-electron chi connectivity index (χ3n) is 7.05. The molecular weight excluding hydrogens is 424 g/mol. The third-order valence-corrected chi connectivity index (χ3v) is 7.05. The SMILES string of the molecule is C[C@@H](NC1CCC[C@H](c2ccc(C(=O)NC(C)(C)C(=O)O)cc2)C1)c1cccc2ccccc12. The number of nitrogens with one attached hydrogen (secondary N) is 2. The van der Waals surface area contributed by atoms with E-state index in [9.17, 15) is 14.7 Å². The molecule has 0 saturated heterocycles. The van der Waals surface area contributed by atoms with Gasteiger partial charge in [0, 0.05) is 17.6 Å². The van der Waals surface area contributed by atoms with Gasteiger partial charge in [0.1, 0.15) is 5.54 Å². The highest BCUT2D eigenvalue weighted by atomic mass is 16.4. The van der Waals surface area contributed by atoms with Crippen molar-refractivity contribution in [3.8, 4) is 0 Å². The van der Waals surface area contributed by atoms with Gasteiger partial charge >= 0.3 is 5.97 Å². The van der Waals surface area contributed by atoms with Crippen LogP contribution in [0.5, 0.6) is 0 Å². The molecule has 3 N–H and O–H groups in total. The number of carbonyl (C=O) groups excluding carboxylic acids is 1. The Balaban J connectivity index is 1.41. The lowest BCUT2D eigenvalue weighted by molar-refractivity contribution is -0.143. The average molecular weight is 459 g/mol. The van der Waals surface area contributed by atoms with Crippen LogP contribution in [0.2, 0.25) is 0 Å². The number of rotatable bonds is 7. The molecule has 0 spiro atoms. The second kappa shape index (κ2) is 9.98. The second-order valence-electron chi connectivity index (χ2n) is 10.0. The van der Waals surface area contributed by atoms with E-state index in [1.807, 2.05) is 12.1 Å². The molecule has 4 rings (SSSR count). The topological polar surface area (TPSA) is 78.4 Å². The molecule has 3 aromatic carbocycles. The third kappa shape index (κ3) is 5.31. The minimum atomic E-state index is -1.31. The van der Waals surface area contributed by atoms with E-state index in [4.69, 9.17) is 0 Å². The van der Waals surface area contributed by atoms with Crippen molar-refractivity contribution in [1.82, 2.24) is 10.6 Å². The zero-order chi connectivity index (χ0) is 24.3. The number of fused-ring (bicyclic) bond motifs is 1. The zero-order valence-corrected chi connectivity index (χ0v) is 20.2. The summed E-state index contributed by atoms with van der Waals surface area (Å²) < 4.78 is 0. The molecule has 5 nitrogen and oxygen atoms in total. The summed E-state index contributed by atoms with van der Waals surface area (Å²) in [5.74, 6) is -0.986. The molecule has 1 aliphatic carbocycles. The molecule has 1 aliphatic rings. The van der Waals surface area contributed by atoms with Gasteiger partial charge in [0.2, 0.25) is 0 Å². The number of benzene rings is 3. The van der Waals surface area contributed by atoms with E-state index < -0.39 is 11.5 Å². The molecule has 1 unspecified atom stereocenters. The summed E-state index contributed by atoms with van der Waals surface area (Å²) in [5.41, 5.74) is 1.74. The molecule has 0 aromatic heterocycles. The normalized spacial score (nSPS) is 19.5. The number of carboxylic acid groups (broad SMARTS) is 1. The van der Waals surface area contributed by atoms with Gasteiger partial charge in [-0.3, -0.25) is 4.79 Å². The zero-order valence-electron chi connectivity index (χ0n) is 20.2. The Hall–Kier alpha value is -3.18. The highest BCUT2D eigenvalue weighted by Crippen LogP contribution is 2.34. The first-order valence-electron chi connectivity index (χ1n) is 12.1. The van der Waals surface area contributed by atoms with E-state index in [0.717, 1.165) is 19.3 Å². The summed E-state index contributed by atoms with van der Waals surface area (Å²) in [4.78, 5) is 23.8. The molecule has 5 heteroatoms. The average Bonchev–Trinajstić information content (AvgIpc) is 2.83. The fourth-order valence-corrected chi connectivity index (χ4v) is 5.03. The van der Waals surface area contributed by atoms with Crippen molar-refractivity contribution in [3.63, 3.8) is 0 Å². The molecule has 0 bridgehead atoms. The lowest BCUT2D eigenvalue weighted by Gasteiger charge is -2.32. The highest BCUT2D eigenvalue weighted by molar-refractivity contribution is 5.97. The van der Waals surface area contributed by atoms with Gasteiger partial charge in [-0.2, -0.15) is 0 Å². The monoisotopic (exact) mass is 458 g/mol. The van der Waals surface area contributed by atoms with Crippen molar-refractivity contribution in [2.45, 2.75) is 70.0 Å². The summed E-state index contributed by atoms with van der Waals surface area (Å²) in [7, 11) is 0. The van der Waals surface area contributed by atoms with Gasteiger partial charge in [0.15, 0.2) is 0 Å². The summed E-state index contributed by atoms with van der Waals surface area (Å²) in [6, 6.07) is 23.4. The van der Waals surface area contributed by atoms with Crippen LogP contribution in [-0.4, -0.2) is 28.6 Å². The molecule has 1 fully saturated rings. The molecule has 1 saturated carbocycles. The van der Waals surface area contributed by atoms with Crippen molar-refractivity contribution in [2.75, 3.05) is 0 Å². The van der Waals surface area contributed by atoms with Gasteiger partial charge in [-0.05, 0) is 80.0 Å². The van der Waals surface area contributed by atoms with E-state index in [-0.39, 0.29) is 11.9 Å². The smallest absolute Gasteiger partial charge is 0.328 e. The number of hydrogen-bond acceptors (Lipinski definition) is 3. The Kier molecular flexibility index (Phi) is 7.03. The van der Waals surface area contributed by atoms with Crippen LogP contribution in [-0.2, 0) is 4.79 Å². The van der Waals surface area contributed by atoms with Gasteiger partial charge in [-0.15, -0.1) is 0 Å². The predicted octanol–water partition coefficient (Wildman–Crippen LogP) is 5.81. The number of aliphatic carboxylic acids is 1. The Morgan fingerprint density at radius 3 is 2.41 bits per heavy atom. The van der Waals surface area contributed by atoms with Crippen LogP contribution in [0.25, 0.3) is 10.8 Å². The maximum absolute atomic E-state index is 12.5. The Morgan fingerprint density at radius 2 is 1.68 bits per heavy atom. The first-order valence-corrected chi connectivity index (χ1v) is 12.1. The quantitative estimate of drug-likeness (QED) is 0.417. The standard InChI is InChI=1S/C29H34N2O3/c1-19(25-13-7-9-21-8-4-5-12-26(21)25)30-24-11-6-10-23(18-24)20-14-16-22(17-15-20)27(32)31-29(2,3)28(33)34/h4-5,7-9,12-17,19,23-24,30H,6,10-11,18H2,1-3H3,(H,31,32)(H,33,34)/t19-,23+,24?/m1/s1. The van der Waals surface area contributed by atoms with Crippen molar-refractivity contribution in [2.24, 2.45) is 0 Å². The van der Waals surface area contributed by atoms with Crippen LogP contribution < -0.4 is 10.6 Å². The van der Waals surface area contributed by atoms with E-state index in [1.54, 1.807) is 12.1 Å². The predicted molar refractivity (Wildman–Crippen MR) is 136 cm³/mol. The Labute approximate surface area is 201 Å². The van der Waals surface area contributed by atoms with E-state index in [2.05, 4.69) is 60.0 Å². The van der Waals surface area contributed by atoms with Gasteiger partial charge in [-0.25, -0.2) is 4.79 Å². The summed E-state index contributed by atoms with van der Waals surface area (Å²) in [6.45, 7) is 5.21. The maximum atomic E-state index is 12.5.